The Kier molecular flexibility index (Phi) is 7.14. The number of benzene rings is 3. The predicted molar refractivity (Wildman–Crippen MR) is 125 cm³/mol. The van der Waals surface area contributed by atoms with Crippen LogP contribution in [0.2, 0.25) is 0 Å². The van der Waals surface area contributed by atoms with Crippen LogP contribution < -0.4 is 14.8 Å². The van der Waals surface area contributed by atoms with Gasteiger partial charge in [-0.1, -0.05) is 6.07 Å². The molecule has 0 fully saturated rings. The fourth-order valence-corrected chi connectivity index (χ4v) is 3.19. The van der Waals surface area contributed by atoms with Crippen molar-refractivity contribution in [2.45, 2.75) is 27.4 Å². The van der Waals surface area contributed by atoms with Gasteiger partial charge in [0.2, 0.25) is 0 Å². The number of rotatable bonds is 7. The Hall–Kier alpha value is -2.54. The standard InChI is InChI=1S/C24H24INO3/c1-4-28-23-12-6-18(24(27)26-21-9-7-20(25)8-10-21)14-19(23)15-29-22-11-5-16(2)17(3)13-22/h5-14H,4,15H2,1-3H3,(H,26,27). The lowest BCUT2D eigenvalue weighted by Crippen LogP contribution is -2.13. The Bertz CT molecular complexity index is 1000. The van der Waals surface area contributed by atoms with Crippen LogP contribution in [0.1, 0.15) is 34.0 Å². The number of amides is 1. The molecule has 150 valence electrons. The lowest BCUT2D eigenvalue weighted by atomic mass is 10.1. The number of carbonyl (C=O) groups excluding carboxylic acids is 1. The molecule has 0 bridgehead atoms. The van der Waals surface area contributed by atoms with Crippen molar-refractivity contribution in [1.82, 2.24) is 0 Å². The zero-order valence-corrected chi connectivity index (χ0v) is 18.9. The second-order valence-electron chi connectivity index (χ2n) is 6.75. The van der Waals surface area contributed by atoms with Gasteiger partial charge in [-0.05, 0) is 109 Å². The van der Waals surface area contributed by atoms with Crippen molar-refractivity contribution in [2.24, 2.45) is 0 Å². The quantitative estimate of drug-likeness (QED) is 0.396. The molecule has 1 amide bonds. The topological polar surface area (TPSA) is 47.6 Å². The van der Waals surface area contributed by atoms with E-state index in [9.17, 15) is 4.79 Å². The Morgan fingerprint density at radius 2 is 1.69 bits per heavy atom. The number of hydrogen-bond donors (Lipinski definition) is 1. The van der Waals surface area contributed by atoms with E-state index in [-0.39, 0.29) is 5.91 Å². The fourth-order valence-electron chi connectivity index (χ4n) is 2.83. The Labute approximate surface area is 185 Å². The highest BCUT2D eigenvalue weighted by molar-refractivity contribution is 14.1. The number of nitrogens with one attached hydrogen (secondary N) is 1. The molecule has 0 aliphatic carbocycles. The molecule has 3 aromatic carbocycles. The first-order valence-electron chi connectivity index (χ1n) is 9.49. The van der Waals surface area contributed by atoms with Gasteiger partial charge in [0.1, 0.15) is 18.1 Å². The summed E-state index contributed by atoms with van der Waals surface area (Å²) < 4.78 is 12.8. The maximum absolute atomic E-state index is 12.7. The molecule has 3 rings (SSSR count). The molecule has 5 heteroatoms. The molecule has 0 aliphatic rings. The van der Waals surface area contributed by atoms with Crippen LogP contribution in [-0.4, -0.2) is 12.5 Å². The zero-order valence-electron chi connectivity index (χ0n) is 16.8. The number of hydrogen-bond acceptors (Lipinski definition) is 3. The highest BCUT2D eigenvalue weighted by atomic mass is 127. The molecule has 0 atom stereocenters. The van der Waals surface area contributed by atoms with Gasteiger partial charge in [0, 0.05) is 20.4 Å². The minimum atomic E-state index is -0.165. The molecular weight excluding hydrogens is 477 g/mol. The average molecular weight is 501 g/mol. The van der Waals surface area contributed by atoms with Crippen LogP contribution in [0, 0.1) is 17.4 Å². The van der Waals surface area contributed by atoms with Crippen LogP contribution in [0.25, 0.3) is 0 Å². The van der Waals surface area contributed by atoms with E-state index in [0.717, 1.165) is 26.3 Å². The Balaban J connectivity index is 1.78. The van der Waals surface area contributed by atoms with E-state index < -0.39 is 0 Å². The summed E-state index contributed by atoms with van der Waals surface area (Å²) >= 11 is 2.23. The molecule has 0 unspecified atom stereocenters. The predicted octanol–water partition coefficient (Wildman–Crippen LogP) is 6.14. The van der Waals surface area contributed by atoms with Gasteiger partial charge >= 0.3 is 0 Å². The molecule has 1 N–H and O–H groups in total. The third kappa shape index (κ3) is 5.73. The first-order chi connectivity index (χ1) is 14.0. The molecular formula is C24H24INO3. The van der Waals surface area contributed by atoms with Crippen molar-refractivity contribution in [3.8, 4) is 11.5 Å². The van der Waals surface area contributed by atoms with Gasteiger partial charge in [-0.2, -0.15) is 0 Å². The van der Waals surface area contributed by atoms with Crippen LogP contribution in [0.3, 0.4) is 0 Å². The highest BCUT2D eigenvalue weighted by Crippen LogP contribution is 2.24. The monoisotopic (exact) mass is 501 g/mol. The van der Waals surface area contributed by atoms with Gasteiger partial charge in [0.25, 0.3) is 5.91 Å². The number of anilines is 1. The summed E-state index contributed by atoms with van der Waals surface area (Å²) in [5.74, 6) is 1.35. The first-order valence-corrected chi connectivity index (χ1v) is 10.6. The molecule has 0 saturated heterocycles. The summed E-state index contributed by atoms with van der Waals surface area (Å²) in [5, 5.41) is 2.93. The van der Waals surface area contributed by atoms with Gasteiger partial charge in [0.05, 0.1) is 6.61 Å². The number of carbonyl (C=O) groups is 1. The summed E-state index contributed by atoms with van der Waals surface area (Å²) in [7, 11) is 0. The zero-order chi connectivity index (χ0) is 20.8. The van der Waals surface area contributed by atoms with E-state index in [1.807, 2.05) is 61.5 Å². The maximum atomic E-state index is 12.7. The minimum Gasteiger partial charge on any atom is -0.493 e. The largest absolute Gasteiger partial charge is 0.493 e. The normalized spacial score (nSPS) is 10.5. The highest BCUT2D eigenvalue weighted by Gasteiger charge is 2.12. The summed E-state index contributed by atoms with van der Waals surface area (Å²) in [6.07, 6.45) is 0. The SMILES string of the molecule is CCOc1ccc(C(=O)Nc2ccc(I)cc2)cc1COc1ccc(C)c(C)c1. The first kappa shape index (κ1) is 21.2. The maximum Gasteiger partial charge on any atom is 0.255 e. The van der Waals surface area contributed by atoms with Crippen molar-refractivity contribution in [3.05, 3.63) is 86.5 Å². The van der Waals surface area contributed by atoms with Gasteiger partial charge in [-0.15, -0.1) is 0 Å². The summed E-state index contributed by atoms with van der Waals surface area (Å²) in [6.45, 7) is 6.93. The molecule has 0 radical (unpaired) electrons. The van der Waals surface area contributed by atoms with E-state index in [1.165, 1.54) is 11.1 Å². The van der Waals surface area contributed by atoms with Crippen molar-refractivity contribution in [2.75, 3.05) is 11.9 Å². The van der Waals surface area contributed by atoms with Crippen molar-refractivity contribution in [3.63, 3.8) is 0 Å². The van der Waals surface area contributed by atoms with Gasteiger partial charge in [-0.25, -0.2) is 0 Å². The summed E-state index contributed by atoms with van der Waals surface area (Å²) in [5.41, 5.74) is 4.56. The van der Waals surface area contributed by atoms with Crippen LogP contribution in [0.5, 0.6) is 11.5 Å². The smallest absolute Gasteiger partial charge is 0.255 e. The van der Waals surface area contributed by atoms with Gasteiger partial charge < -0.3 is 14.8 Å². The molecule has 0 heterocycles. The molecule has 29 heavy (non-hydrogen) atoms. The molecule has 0 spiro atoms. The minimum absolute atomic E-state index is 0.165. The lowest BCUT2D eigenvalue weighted by molar-refractivity contribution is 0.102. The van der Waals surface area contributed by atoms with E-state index in [2.05, 4.69) is 41.8 Å². The Morgan fingerprint density at radius 3 is 2.38 bits per heavy atom. The van der Waals surface area contributed by atoms with E-state index >= 15 is 0 Å². The van der Waals surface area contributed by atoms with Crippen molar-refractivity contribution in [1.29, 1.82) is 0 Å². The van der Waals surface area contributed by atoms with Crippen molar-refractivity contribution < 1.29 is 14.3 Å². The van der Waals surface area contributed by atoms with Crippen LogP contribution in [-0.2, 0) is 6.61 Å². The second kappa shape index (κ2) is 9.78. The van der Waals surface area contributed by atoms with E-state index in [0.29, 0.717) is 18.8 Å². The number of ether oxygens (including phenoxy) is 2. The van der Waals surface area contributed by atoms with Crippen LogP contribution in [0.4, 0.5) is 5.69 Å². The van der Waals surface area contributed by atoms with Crippen molar-refractivity contribution >= 4 is 34.2 Å². The fraction of sp³-hybridized carbons (Fsp3) is 0.208. The van der Waals surface area contributed by atoms with E-state index in [4.69, 9.17) is 9.47 Å². The van der Waals surface area contributed by atoms with Gasteiger partial charge in [0.15, 0.2) is 0 Å². The lowest BCUT2D eigenvalue weighted by Gasteiger charge is -2.14. The van der Waals surface area contributed by atoms with E-state index in [1.54, 1.807) is 6.07 Å². The number of halogens is 1. The number of aryl methyl sites for hydroxylation is 2. The third-order valence-electron chi connectivity index (χ3n) is 4.60. The summed E-state index contributed by atoms with van der Waals surface area (Å²) in [4.78, 5) is 12.7. The Morgan fingerprint density at radius 1 is 0.931 bits per heavy atom. The second-order valence-corrected chi connectivity index (χ2v) is 8.00. The summed E-state index contributed by atoms with van der Waals surface area (Å²) in [6, 6.07) is 19.1. The molecule has 4 nitrogen and oxygen atoms in total. The average Bonchev–Trinajstić information content (AvgIpc) is 2.71. The third-order valence-corrected chi connectivity index (χ3v) is 5.32. The molecule has 0 saturated carbocycles. The molecule has 3 aromatic rings. The molecule has 0 aromatic heterocycles. The van der Waals surface area contributed by atoms with Crippen LogP contribution >= 0.6 is 22.6 Å². The van der Waals surface area contributed by atoms with Crippen LogP contribution in [0.15, 0.2) is 60.7 Å². The van der Waals surface area contributed by atoms with Gasteiger partial charge in [-0.3, -0.25) is 4.79 Å². The molecule has 0 aliphatic heterocycles.